The van der Waals surface area contributed by atoms with Crippen molar-refractivity contribution in [1.29, 1.82) is 0 Å². The lowest BCUT2D eigenvalue weighted by Crippen LogP contribution is -2.35. The summed E-state index contributed by atoms with van der Waals surface area (Å²) in [7, 11) is 1.67. The first-order valence-corrected chi connectivity index (χ1v) is 12.7. The molecular formula is C24H28BrN9O2. The van der Waals surface area contributed by atoms with Crippen molar-refractivity contribution in [1.82, 2.24) is 34.6 Å². The number of benzene rings is 1. The molecule has 4 N–H and O–H groups in total. The molecule has 0 radical (unpaired) electrons. The second-order valence-corrected chi connectivity index (χ2v) is 10.2. The SMILES string of the molecule is CNC(=O)[C@]1(C)CC[C@@H](Nc2ncc3c(Br)nn(-c4ccc5ncn(CCCN)c(=O)c5c4)c3n2)C1. The number of nitrogens with zero attached hydrogens (tertiary/aromatic N) is 6. The predicted octanol–water partition coefficient (Wildman–Crippen LogP) is 2.35. The molecule has 5 rings (SSSR count). The van der Waals surface area contributed by atoms with Crippen LogP contribution in [0.15, 0.2) is 40.1 Å². The molecule has 188 valence electrons. The van der Waals surface area contributed by atoms with Crippen molar-refractivity contribution in [2.75, 3.05) is 18.9 Å². The largest absolute Gasteiger partial charge is 0.359 e. The molecule has 3 aromatic heterocycles. The van der Waals surface area contributed by atoms with Crippen molar-refractivity contribution in [3.8, 4) is 5.69 Å². The third-order valence-electron chi connectivity index (χ3n) is 6.88. The minimum atomic E-state index is -0.405. The quantitative estimate of drug-likeness (QED) is 0.316. The fourth-order valence-electron chi connectivity index (χ4n) is 4.87. The third-order valence-corrected chi connectivity index (χ3v) is 7.47. The fraction of sp³-hybridized carbons (Fsp3) is 0.417. The Morgan fingerprint density at radius 2 is 2.14 bits per heavy atom. The van der Waals surface area contributed by atoms with Crippen LogP contribution in [0, 0.1) is 5.41 Å². The highest BCUT2D eigenvalue weighted by atomic mass is 79.9. The van der Waals surface area contributed by atoms with Crippen molar-refractivity contribution in [2.45, 2.75) is 45.2 Å². The van der Waals surface area contributed by atoms with Gasteiger partial charge in [-0.3, -0.25) is 14.2 Å². The second kappa shape index (κ2) is 9.58. The molecule has 1 aliphatic carbocycles. The van der Waals surface area contributed by atoms with Crippen LogP contribution in [0.2, 0.25) is 0 Å². The van der Waals surface area contributed by atoms with Gasteiger partial charge in [-0.1, -0.05) is 6.92 Å². The molecule has 12 heteroatoms. The highest BCUT2D eigenvalue weighted by Gasteiger charge is 2.41. The van der Waals surface area contributed by atoms with Crippen LogP contribution in [-0.2, 0) is 11.3 Å². The molecule has 36 heavy (non-hydrogen) atoms. The molecule has 3 heterocycles. The molecule has 1 amide bonds. The van der Waals surface area contributed by atoms with E-state index in [-0.39, 0.29) is 17.5 Å². The van der Waals surface area contributed by atoms with E-state index >= 15 is 0 Å². The summed E-state index contributed by atoms with van der Waals surface area (Å²) in [5, 5.41) is 12.0. The average molecular weight is 554 g/mol. The minimum absolute atomic E-state index is 0.0538. The summed E-state index contributed by atoms with van der Waals surface area (Å²) >= 11 is 3.50. The van der Waals surface area contributed by atoms with Crippen LogP contribution in [0.1, 0.15) is 32.6 Å². The van der Waals surface area contributed by atoms with E-state index in [1.807, 2.05) is 13.0 Å². The van der Waals surface area contributed by atoms with E-state index in [0.717, 1.165) is 18.2 Å². The summed E-state index contributed by atoms with van der Waals surface area (Å²) in [4.78, 5) is 39.0. The van der Waals surface area contributed by atoms with E-state index in [9.17, 15) is 9.59 Å². The van der Waals surface area contributed by atoms with Crippen molar-refractivity contribution >= 4 is 49.7 Å². The molecule has 0 bridgehead atoms. The minimum Gasteiger partial charge on any atom is -0.359 e. The Bertz CT molecular complexity index is 1520. The van der Waals surface area contributed by atoms with Crippen LogP contribution in [0.25, 0.3) is 27.6 Å². The molecule has 1 aromatic carbocycles. The summed E-state index contributed by atoms with van der Waals surface area (Å²) in [5.74, 6) is 0.520. The molecule has 1 fully saturated rings. The van der Waals surface area contributed by atoms with Gasteiger partial charge in [-0.05, 0) is 66.4 Å². The van der Waals surface area contributed by atoms with E-state index in [1.165, 1.54) is 0 Å². The van der Waals surface area contributed by atoms with Gasteiger partial charge in [0.2, 0.25) is 11.9 Å². The third kappa shape index (κ3) is 4.35. The van der Waals surface area contributed by atoms with Crippen LogP contribution in [0.4, 0.5) is 5.95 Å². The molecule has 0 unspecified atom stereocenters. The van der Waals surface area contributed by atoms with Gasteiger partial charge in [-0.2, -0.15) is 10.1 Å². The molecule has 0 spiro atoms. The van der Waals surface area contributed by atoms with Gasteiger partial charge in [-0.25, -0.2) is 14.6 Å². The molecule has 11 nitrogen and oxygen atoms in total. The van der Waals surface area contributed by atoms with Gasteiger partial charge < -0.3 is 16.4 Å². The Morgan fingerprint density at radius 1 is 1.31 bits per heavy atom. The maximum Gasteiger partial charge on any atom is 0.261 e. The van der Waals surface area contributed by atoms with Gasteiger partial charge in [0.1, 0.15) is 4.60 Å². The molecule has 4 aromatic rings. The number of carbonyl (C=O) groups is 1. The number of aromatic nitrogens is 6. The molecule has 2 atom stereocenters. The van der Waals surface area contributed by atoms with Gasteiger partial charge in [0.25, 0.3) is 5.56 Å². The van der Waals surface area contributed by atoms with Gasteiger partial charge >= 0.3 is 0 Å². The first-order valence-electron chi connectivity index (χ1n) is 11.9. The number of carbonyl (C=O) groups excluding carboxylic acids is 1. The van der Waals surface area contributed by atoms with Crippen molar-refractivity contribution in [3.63, 3.8) is 0 Å². The van der Waals surface area contributed by atoms with Gasteiger partial charge in [0.15, 0.2) is 5.65 Å². The summed E-state index contributed by atoms with van der Waals surface area (Å²) in [6, 6.07) is 5.53. The van der Waals surface area contributed by atoms with E-state index in [1.54, 1.807) is 41.0 Å². The zero-order chi connectivity index (χ0) is 25.4. The number of aryl methyl sites for hydroxylation is 1. The highest BCUT2D eigenvalue weighted by Crippen LogP contribution is 2.39. The van der Waals surface area contributed by atoms with Crippen molar-refractivity contribution in [2.24, 2.45) is 11.1 Å². The number of hydrogen-bond donors (Lipinski definition) is 3. The van der Waals surface area contributed by atoms with E-state index in [4.69, 9.17) is 10.7 Å². The summed E-state index contributed by atoms with van der Waals surface area (Å²) in [6.45, 7) is 3.00. The lowest BCUT2D eigenvalue weighted by molar-refractivity contribution is -0.129. The van der Waals surface area contributed by atoms with Crippen molar-refractivity contribution < 1.29 is 4.79 Å². The first kappa shape index (κ1) is 24.3. The van der Waals surface area contributed by atoms with Crippen molar-refractivity contribution in [3.05, 3.63) is 45.7 Å². The molecule has 1 aliphatic rings. The standard InChI is InChI=1S/C24H28BrN9O2/c1-24(22(36)27-2)7-6-14(11-24)30-23-28-12-17-19(25)32-34(20(17)31-23)15-4-5-18-16(10-15)21(35)33(13-29-18)9-3-8-26/h4-5,10,12-14H,3,6-9,11,26H2,1-2H3,(H,27,36)(H,28,30,31)/t14-,24-/m1/s1. The maximum atomic E-state index is 13.0. The smallest absolute Gasteiger partial charge is 0.261 e. The predicted molar refractivity (Wildman–Crippen MR) is 141 cm³/mol. The highest BCUT2D eigenvalue weighted by molar-refractivity contribution is 9.10. The number of anilines is 1. The number of nitrogens with two attached hydrogens (primary N) is 1. The monoisotopic (exact) mass is 553 g/mol. The maximum absolute atomic E-state index is 13.0. The number of fused-ring (bicyclic) bond motifs is 2. The van der Waals surface area contributed by atoms with Gasteiger partial charge in [-0.15, -0.1) is 0 Å². The fourth-order valence-corrected chi connectivity index (χ4v) is 5.31. The number of hydrogen-bond acceptors (Lipinski definition) is 8. The second-order valence-electron chi connectivity index (χ2n) is 9.44. The number of nitrogens with one attached hydrogen (secondary N) is 2. The zero-order valence-corrected chi connectivity index (χ0v) is 21.7. The van der Waals surface area contributed by atoms with Gasteiger partial charge in [0.05, 0.1) is 28.3 Å². The van der Waals surface area contributed by atoms with E-state index in [2.05, 4.69) is 41.6 Å². The van der Waals surface area contributed by atoms with Gasteiger partial charge in [0, 0.05) is 31.2 Å². The van der Waals surface area contributed by atoms with Crippen LogP contribution < -0.4 is 21.9 Å². The van der Waals surface area contributed by atoms with Crippen LogP contribution in [0.3, 0.4) is 0 Å². The summed E-state index contributed by atoms with van der Waals surface area (Å²) < 4.78 is 3.86. The number of halogens is 1. The summed E-state index contributed by atoms with van der Waals surface area (Å²) in [6.07, 6.45) is 6.31. The molecule has 1 saturated carbocycles. The Labute approximate surface area is 215 Å². The van der Waals surface area contributed by atoms with Crippen LogP contribution in [-0.4, -0.2) is 54.8 Å². The van der Waals surface area contributed by atoms with E-state index < -0.39 is 5.41 Å². The number of rotatable bonds is 7. The zero-order valence-electron chi connectivity index (χ0n) is 20.2. The van der Waals surface area contributed by atoms with E-state index in [0.29, 0.717) is 58.7 Å². The van der Waals surface area contributed by atoms with Crippen LogP contribution in [0.5, 0.6) is 0 Å². The molecule has 0 saturated heterocycles. The first-order chi connectivity index (χ1) is 17.3. The summed E-state index contributed by atoms with van der Waals surface area (Å²) in [5.41, 5.74) is 6.97. The lowest BCUT2D eigenvalue weighted by atomic mass is 9.87. The lowest BCUT2D eigenvalue weighted by Gasteiger charge is -2.22. The normalized spacial score (nSPS) is 19.7. The Balaban J connectivity index is 1.49. The topological polar surface area (TPSA) is 146 Å². The molecular weight excluding hydrogens is 526 g/mol. The van der Waals surface area contributed by atoms with Crippen LogP contribution >= 0.6 is 15.9 Å². The Morgan fingerprint density at radius 3 is 2.92 bits per heavy atom. The Hall–Kier alpha value is -3.38. The Kier molecular flexibility index (Phi) is 6.47. The average Bonchev–Trinajstić information content (AvgIpc) is 3.43. The number of amides is 1. The molecule has 0 aliphatic heterocycles.